The number of rotatable bonds is 9. The topological polar surface area (TPSA) is 52.6 Å². The molecule has 0 heterocycles. The summed E-state index contributed by atoms with van der Waals surface area (Å²) in [6.07, 6.45) is 12.4. The van der Waals surface area contributed by atoms with Crippen LogP contribution in [0.25, 0.3) is 0 Å². The van der Waals surface area contributed by atoms with E-state index in [1.165, 1.54) is 38.5 Å². The monoisotopic (exact) mass is 362 g/mol. The van der Waals surface area contributed by atoms with Crippen molar-refractivity contribution in [3.8, 4) is 0 Å². The second-order valence-corrected chi connectivity index (χ2v) is 9.21. The highest BCUT2D eigenvalue weighted by molar-refractivity contribution is 5.72. The Labute approximate surface area is 157 Å². The summed E-state index contributed by atoms with van der Waals surface area (Å²) >= 11 is 0. The molecule has 146 valence electrons. The molecule has 26 heavy (non-hydrogen) atoms. The molecule has 4 bridgehead atoms. The van der Waals surface area contributed by atoms with E-state index in [0.29, 0.717) is 31.5 Å². The second kappa shape index (κ2) is 8.58. The molecule has 0 aliphatic heterocycles. The summed E-state index contributed by atoms with van der Waals surface area (Å²) in [5.41, 5.74) is 1.59. The van der Waals surface area contributed by atoms with Crippen LogP contribution in [-0.4, -0.2) is 25.2 Å². The fraction of sp³-hybridized carbons (Fsp3) is 0.818. The SMILES string of the molecule is CC(C)=CCOC(=O)CCCC(=O)OCCC12CC3CC(CC(C3)C1)C2. The Bertz CT molecular complexity index is 509. The van der Waals surface area contributed by atoms with Crippen molar-refractivity contribution in [1.82, 2.24) is 0 Å². The standard InChI is InChI=1S/C22H34O4/c1-16(2)6-8-25-20(23)4-3-5-21(24)26-9-7-22-13-17-10-18(14-22)12-19(11-17)15-22/h6,17-19H,3-5,7-15H2,1-2H3. The Morgan fingerprint density at radius 1 is 0.923 bits per heavy atom. The van der Waals surface area contributed by atoms with Crippen molar-refractivity contribution in [1.29, 1.82) is 0 Å². The first-order chi connectivity index (χ1) is 12.4. The fourth-order valence-corrected chi connectivity index (χ4v) is 5.80. The third kappa shape index (κ3) is 5.34. The summed E-state index contributed by atoms with van der Waals surface area (Å²) < 4.78 is 10.6. The molecule has 4 saturated carbocycles. The Kier molecular flexibility index (Phi) is 6.42. The van der Waals surface area contributed by atoms with E-state index >= 15 is 0 Å². The molecule has 4 fully saturated rings. The van der Waals surface area contributed by atoms with Gasteiger partial charge in [0.1, 0.15) is 6.61 Å². The predicted molar refractivity (Wildman–Crippen MR) is 100 cm³/mol. The van der Waals surface area contributed by atoms with Crippen LogP contribution < -0.4 is 0 Å². The lowest BCUT2D eigenvalue weighted by molar-refractivity contribution is -0.146. The van der Waals surface area contributed by atoms with Gasteiger partial charge in [-0.3, -0.25) is 9.59 Å². The van der Waals surface area contributed by atoms with Gasteiger partial charge in [0.15, 0.2) is 0 Å². The van der Waals surface area contributed by atoms with Crippen LogP contribution in [-0.2, 0) is 19.1 Å². The highest BCUT2D eigenvalue weighted by Gasteiger charge is 2.50. The van der Waals surface area contributed by atoms with Gasteiger partial charge in [0, 0.05) is 12.8 Å². The quantitative estimate of drug-likeness (QED) is 0.436. The van der Waals surface area contributed by atoms with Gasteiger partial charge in [0.2, 0.25) is 0 Å². The van der Waals surface area contributed by atoms with Crippen molar-refractivity contribution < 1.29 is 19.1 Å². The molecule has 4 aliphatic carbocycles. The first kappa shape index (κ1) is 19.4. The van der Waals surface area contributed by atoms with E-state index in [2.05, 4.69) is 0 Å². The van der Waals surface area contributed by atoms with Gasteiger partial charge in [0.25, 0.3) is 0 Å². The van der Waals surface area contributed by atoms with E-state index in [4.69, 9.17) is 9.47 Å². The molecule has 0 aromatic rings. The van der Waals surface area contributed by atoms with Crippen molar-refractivity contribution in [3.05, 3.63) is 11.6 Å². The van der Waals surface area contributed by atoms with Crippen molar-refractivity contribution >= 4 is 11.9 Å². The molecule has 4 nitrogen and oxygen atoms in total. The first-order valence-electron chi connectivity index (χ1n) is 10.4. The highest BCUT2D eigenvalue weighted by atomic mass is 16.5. The third-order valence-corrected chi connectivity index (χ3v) is 6.56. The van der Waals surface area contributed by atoms with Crippen LogP contribution in [0.15, 0.2) is 11.6 Å². The molecule has 0 aromatic heterocycles. The van der Waals surface area contributed by atoms with Gasteiger partial charge in [-0.15, -0.1) is 0 Å². The van der Waals surface area contributed by atoms with Crippen LogP contribution >= 0.6 is 0 Å². The fourth-order valence-electron chi connectivity index (χ4n) is 5.80. The van der Waals surface area contributed by atoms with Crippen LogP contribution in [0.3, 0.4) is 0 Å². The minimum absolute atomic E-state index is 0.174. The zero-order valence-electron chi connectivity index (χ0n) is 16.4. The van der Waals surface area contributed by atoms with Gasteiger partial charge in [-0.05, 0) is 94.5 Å². The molecule has 0 amide bonds. The zero-order chi connectivity index (χ0) is 18.6. The second-order valence-electron chi connectivity index (χ2n) is 9.21. The molecule has 0 spiro atoms. The average Bonchev–Trinajstić information content (AvgIpc) is 2.53. The van der Waals surface area contributed by atoms with Crippen LogP contribution in [0.5, 0.6) is 0 Å². The number of ether oxygens (including phenoxy) is 2. The van der Waals surface area contributed by atoms with Gasteiger partial charge < -0.3 is 9.47 Å². The van der Waals surface area contributed by atoms with E-state index in [0.717, 1.165) is 29.7 Å². The van der Waals surface area contributed by atoms with E-state index in [9.17, 15) is 9.59 Å². The van der Waals surface area contributed by atoms with Crippen LogP contribution in [0, 0.1) is 23.2 Å². The summed E-state index contributed by atoms with van der Waals surface area (Å²) in [6.45, 7) is 4.80. The highest BCUT2D eigenvalue weighted by Crippen LogP contribution is 2.61. The van der Waals surface area contributed by atoms with Gasteiger partial charge in [-0.1, -0.05) is 5.57 Å². The zero-order valence-corrected chi connectivity index (χ0v) is 16.4. The van der Waals surface area contributed by atoms with Gasteiger partial charge in [0.05, 0.1) is 6.61 Å². The number of carbonyl (C=O) groups excluding carboxylic acids is 2. The first-order valence-corrected chi connectivity index (χ1v) is 10.4. The minimum Gasteiger partial charge on any atom is -0.466 e. The maximum absolute atomic E-state index is 11.9. The lowest BCUT2D eigenvalue weighted by atomic mass is 9.49. The van der Waals surface area contributed by atoms with Gasteiger partial charge in [-0.2, -0.15) is 0 Å². The number of allylic oxidation sites excluding steroid dienone is 1. The molecular formula is C22H34O4. The molecular weight excluding hydrogens is 328 g/mol. The molecule has 0 unspecified atom stereocenters. The summed E-state index contributed by atoms with van der Waals surface area (Å²) in [4.78, 5) is 23.5. The van der Waals surface area contributed by atoms with Crippen molar-refractivity contribution in [2.75, 3.05) is 13.2 Å². The maximum atomic E-state index is 11.9. The molecule has 4 heteroatoms. The lowest BCUT2D eigenvalue weighted by Gasteiger charge is -2.57. The van der Waals surface area contributed by atoms with Crippen LogP contribution in [0.2, 0.25) is 0 Å². The van der Waals surface area contributed by atoms with Crippen molar-refractivity contribution in [2.45, 2.75) is 78.1 Å². The normalized spacial score (nSPS) is 31.5. The minimum atomic E-state index is -0.246. The molecule has 4 aliphatic rings. The number of carbonyl (C=O) groups is 2. The number of esters is 2. The van der Waals surface area contributed by atoms with Gasteiger partial charge >= 0.3 is 11.9 Å². The summed E-state index contributed by atoms with van der Waals surface area (Å²) in [6, 6.07) is 0. The largest absolute Gasteiger partial charge is 0.466 e. The third-order valence-electron chi connectivity index (χ3n) is 6.56. The van der Waals surface area contributed by atoms with E-state index < -0.39 is 0 Å². The van der Waals surface area contributed by atoms with Crippen LogP contribution in [0.4, 0.5) is 0 Å². The predicted octanol–water partition coefficient (Wildman–Crippen LogP) is 4.82. The lowest BCUT2D eigenvalue weighted by Crippen LogP contribution is -2.46. The molecule has 0 N–H and O–H groups in total. The maximum Gasteiger partial charge on any atom is 0.306 e. The Balaban J connectivity index is 1.28. The van der Waals surface area contributed by atoms with E-state index in [-0.39, 0.29) is 18.4 Å². The van der Waals surface area contributed by atoms with Gasteiger partial charge in [-0.25, -0.2) is 0 Å². The molecule has 0 radical (unpaired) electrons. The molecule has 0 saturated heterocycles. The Morgan fingerprint density at radius 2 is 1.46 bits per heavy atom. The summed E-state index contributed by atoms with van der Waals surface area (Å²) in [5, 5.41) is 0. The molecule has 0 atom stereocenters. The Hall–Kier alpha value is -1.32. The van der Waals surface area contributed by atoms with E-state index in [1.54, 1.807) is 0 Å². The van der Waals surface area contributed by atoms with Crippen molar-refractivity contribution in [3.63, 3.8) is 0 Å². The average molecular weight is 363 g/mol. The number of hydrogen-bond donors (Lipinski definition) is 0. The van der Waals surface area contributed by atoms with Crippen molar-refractivity contribution in [2.24, 2.45) is 23.2 Å². The number of hydrogen-bond acceptors (Lipinski definition) is 4. The Morgan fingerprint density at radius 3 is 2.00 bits per heavy atom. The van der Waals surface area contributed by atoms with E-state index in [1.807, 2.05) is 19.9 Å². The smallest absolute Gasteiger partial charge is 0.306 e. The summed E-state index contributed by atoms with van der Waals surface area (Å²) in [7, 11) is 0. The van der Waals surface area contributed by atoms with Crippen LogP contribution in [0.1, 0.15) is 78.1 Å². The summed E-state index contributed by atoms with van der Waals surface area (Å²) in [5.74, 6) is 2.40. The molecule has 4 rings (SSSR count). The molecule has 0 aromatic carbocycles.